The number of piperazine rings is 1. The lowest BCUT2D eigenvalue weighted by molar-refractivity contribution is -0.133. The molecular formula is C28H35N3O2. The van der Waals surface area contributed by atoms with E-state index in [2.05, 4.69) is 91.3 Å². The molecule has 1 aliphatic heterocycles. The number of aryl methyl sites for hydroxylation is 2. The van der Waals surface area contributed by atoms with Gasteiger partial charge in [-0.3, -0.25) is 9.69 Å². The van der Waals surface area contributed by atoms with E-state index in [0.717, 1.165) is 43.5 Å². The van der Waals surface area contributed by atoms with Crippen LogP contribution in [0.3, 0.4) is 0 Å². The van der Waals surface area contributed by atoms with Gasteiger partial charge in [0.25, 0.3) is 0 Å². The summed E-state index contributed by atoms with van der Waals surface area (Å²) in [4.78, 5) is 22.0. The molecule has 2 heterocycles. The van der Waals surface area contributed by atoms with E-state index in [1.54, 1.807) is 0 Å². The van der Waals surface area contributed by atoms with E-state index in [-0.39, 0.29) is 17.4 Å². The minimum Gasteiger partial charge on any atom is -0.445 e. The Morgan fingerprint density at radius 2 is 1.48 bits per heavy atom. The van der Waals surface area contributed by atoms with Crippen molar-refractivity contribution in [2.24, 2.45) is 0 Å². The molecule has 4 rings (SSSR count). The molecule has 1 aromatic heterocycles. The first-order valence-electron chi connectivity index (χ1n) is 11.9. The summed E-state index contributed by atoms with van der Waals surface area (Å²) in [6, 6.07) is 21.5. The summed E-state index contributed by atoms with van der Waals surface area (Å²) in [6.07, 6.45) is 1.06. The van der Waals surface area contributed by atoms with Crippen molar-refractivity contribution in [1.29, 1.82) is 0 Å². The van der Waals surface area contributed by atoms with Crippen molar-refractivity contribution in [1.82, 2.24) is 14.8 Å². The van der Waals surface area contributed by atoms with Crippen molar-refractivity contribution in [3.63, 3.8) is 0 Å². The molecule has 0 saturated carbocycles. The molecule has 0 N–H and O–H groups in total. The molecule has 0 unspecified atom stereocenters. The van der Waals surface area contributed by atoms with Gasteiger partial charge in [0.2, 0.25) is 5.91 Å². The van der Waals surface area contributed by atoms with E-state index in [0.29, 0.717) is 12.8 Å². The molecule has 33 heavy (non-hydrogen) atoms. The van der Waals surface area contributed by atoms with E-state index in [4.69, 9.17) is 4.42 Å². The number of rotatable bonds is 6. The van der Waals surface area contributed by atoms with Crippen LogP contribution in [0.1, 0.15) is 61.7 Å². The molecule has 1 saturated heterocycles. The molecule has 5 nitrogen and oxygen atoms in total. The summed E-state index contributed by atoms with van der Waals surface area (Å²) in [5.74, 6) is 1.77. The smallest absolute Gasteiger partial charge is 0.223 e. The summed E-state index contributed by atoms with van der Waals surface area (Å²) in [5.41, 5.74) is 3.35. The topological polar surface area (TPSA) is 49.6 Å². The lowest BCUT2D eigenvalue weighted by atomic mass is 9.96. The Hall–Kier alpha value is -2.92. The molecule has 0 atom stereocenters. The number of benzene rings is 2. The fourth-order valence-electron chi connectivity index (χ4n) is 4.47. The lowest BCUT2D eigenvalue weighted by Crippen LogP contribution is -2.49. The van der Waals surface area contributed by atoms with Crippen molar-refractivity contribution in [2.75, 3.05) is 26.2 Å². The van der Waals surface area contributed by atoms with Crippen molar-refractivity contribution in [3.05, 3.63) is 89.1 Å². The Bertz CT molecular complexity index is 1010. The Kier molecular flexibility index (Phi) is 6.99. The second-order valence-electron chi connectivity index (χ2n) is 9.92. The number of amides is 1. The molecule has 1 fully saturated rings. The molecule has 1 amide bonds. The average Bonchev–Trinajstić information content (AvgIpc) is 3.21. The lowest BCUT2D eigenvalue weighted by Gasteiger charge is -2.39. The molecule has 5 heteroatoms. The van der Waals surface area contributed by atoms with Crippen LogP contribution in [0.2, 0.25) is 0 Å². The van der Waals surface area contributed by atoms with Crippen molar-refractivity contribution in [3.8, 4) is 0 Å². The number of carbonyl (C=O) groups is 1. The zero-order chi connectivity index (χ0) is 23.4. The van der Waals surface area contributed by atoms with Gasteiger partial charge in [0, 0.05) is 44.4 Å². The Morgan fingerprint density at radius 1 is 0.939 bits per heavy atom. The molecule has 2 aromatic carbocycles. The first kappa shape index (κ1) is 23.2. The maximum absolute atomic E-state index is 12.9. The van der Waals surface area contributed by atoms with Gasteiger partial charge in [-0.1, -0.05) is 81.4 Å². The van der Waals surface area contributed by atoms with Crippen LogP contribution in [-0.4, -0.2) is 46.9 Å². The van der Waals surface area contributed by atoms with Gasteiger partial charge >= 0.3 is 0 Å². The van der Waals surface area contributed by atoms with Crippen LogP contribution in [0, 0.1) is 6.92 Å². The van der Waals surface area contributed by atoms with Crippen LogP contribution in [0.15, 0.2) is 65.1 Å². The predicted octanol–water partition coefficient (Wildman–Crippen LogP) is 5.15. The number of aromatic nitrogens is 1. The maximum atomic E-state index is 12.9. The monoisotopic (exact) mass is 445 g/mol. The zero-order valence-corrected chi connectivity index (χ0v) is 20.3. The molecular weight excluding hydrogens is 410 g/mol. The quantitative estimate of drug-likeness (QED) is 0.527. The third kappa shape index (κ3) is 5.53. The maximum Gasteiger partial charge on any atom is 0.223 e. The zero-order valence-electron chi connectivity index (χ0n) is 20.3. The van der Waals surface area contributed by atoms with Gasteiger partial charge < -0.3 is 9.32 Å². The van der Waals surface area contributed by atoms with E-state index in [9.17, 15) is 4.79 Å². The number of hydrogen-bond donors (Lipinski definition) is 0. The Labute approximate surface area is 197 Å². The first-order valence-corrected chi connectivity index (χ1v) is 11.9. The van der Waals surface area contributed by atoms with Gasteiger partial charge in [-0.2, -0.15) is 0 Å². The second kappa shape index (κ2) is 9.92. The van der Waals surface area contributed by atoms with Gasteiger partial charge in [-0.25, -0.2) is 4.98 Å². The number of oxazole rings is 1. The average molecular weight is 446 g/mol. The van der Waals surface area contributed by atoms with Crippen LogP contribution < -0.4 is 0 Å². The highest BCUT2D eigenvalue weighted by molar-refractivity contribution is 5.76. The van der Waals surface area contributed by atoms with E-state index in [1.807, 2.05) is 11.8 Å². The van der Waals surface area contributed by atoms with Crippen molar-refractivity contribution >= 4 is 5.91 Å². The van der Waals surface area contributed by atoms with Crippen LogP contribution in [-0.2, 0) is 16.6 Å². The van der Waals surface area contributed by atoms with E-state index < -0.39 is 0 Å². The Balaban J connectivity index is 1.38. The minimum absolute atomic E-state index is 0.128. The fraction of sp³-hybridized carbons (Fsp3) is 0.429. The van der Waals surface area contributed by atoms with Crippen molar-refractivity contribution in [2.45, 2.75) is 52.0 Å². The summed E-state index contributed by atoms with van der Waals surface area (Å²) < 4.78 is 5.97. The van der Waals surface area contributed by atoms with E-state index >= 15 is 0 Å². The highest BCUT2D eigenvalue weighted by Gasteiger charge is 2.28. The van der Waals surface area contributed by atoms with Gasteiger partial charge in [-0.15, -0.1) is 0 Å². The summed E-state index contributed by atoms with van der Waals surface area (Å²) >= 11 is 0. The molecule has 1 aliphatic rings. The Morgan fingerprint density at radius 3 is 1.97 bits per heavy atom. The SMILES string of the molecule is Cc1nc(C(C)(C)C)oc1CCC(=O)N1CCN(C(c2ccccc2)c2ccccc2)CC1. The molecule has 0 aliphatic carbocycles. The normalized spacial score (nSPS) is 15.2. The molecule has 0 radical (unpaired) electrons. The second-order valence-corrected chi connectivity index (χ2v) is 9.92. The summed E-state index contributed by atoms with van der Waals surface area (Å²) in [6.45, 7) is 11.4. The predicted molar refractivity (Wildman–Crippen MR) is 131 cm³/mol. The standard InChI is InChI=1S/C28H35N3O2/c1-21-24(33-27(29-21)28(2,3)4)15-16-25(32)30-17-19-31(20-18-30)26(22-11-7-5-8-12-22)23-13-9-6-10-14-23/h5-14,26H,15-20H2,1-4H3. The minimum atomic E-state index is -0.128. The number of carbonyl (C=O) groups excluding carboxylic acids is 1. The van der Waals surface area contributed by atoms with Crippen LogP contribution in [0.25, 0.3) is 0 Å². The molecule has 0 bridgehead atoms. The van der Waals surface area contributed by atoms with Gasteiger partial charge in [0.1, 0.15) is 5.76 Å². The number of nitrogens with zero attached hydrogens (tertiary/aromatic N) is 3. The van der Waals surface area contributed by atoms with E-state index in [1.165, 1.54) is 11.1 Å². The van der Waals surface area contributed by atoms with Gasteiger partial charge in [-0.05, 0) is 18.1 Å². The van der Waals surface area contributed by atoms with Gasteiger partial charge in [0.15, 0.2) is 5.89 Å². The molecule has 0 spiro atoms. The molecule has 174 valence electrons. The van der Waals surface area contributed by atoms with Crippen LogP contribution in [0.5, 0.6) is 0 Å². The largest absolute Gasteiger partial charge is 0.445 e. The third-order valence-electron chi connectivity index (χ3n) is 6.36. The van der Waals surface area contributed by atoms with Crippen LogP contribution >= 0.6 is 0 Å². The fourth-order valence-corrected chi connectivity index (χ4v) is 4.47. The summed E-state index contributed by atoms with van der Waals surface area (Å²) in [7, 11) is 0. The third-order valence-corrected chi connectivity index (χ3v) is 6.36. The summed E-state index contributed by atoms with van der Waals surface area (Å²) in [5, 5.41) is 0. The highest BCUT2D eigenvalue weighted by Crippen LogP contribution is 2.30. The van der Waals surface area contributed by atoms with Crippen molar-refractivity contribution < 1.29 is 9.21 Å². The first-order chi connectivity index (χ1) is 15.8. The van der Waals surface area contributed by atoms with Gasteiger partial charge in [0.05, 0.1) is 11.7 Å². The molecule has 3 aromatic rings. The number of hydrogen-bond acceptors (Lipinski definition) is 4. The van der Waals surface area contributed by atoms with Crippen LogP contribution in [0.4, 0.5) is 0 Å². The highest BCUT2D eigenvalue weighted by atomic mass is 16.4.